The van der Waals surface area contributed by atoms with E-state index in [9.17, 15) is 0 Å². The standard InChI is InChI=1S/C6H15N.C5H8N2/c1-2-3-4-5-6-7;1-2-5-3-6-4-7-5/h2-7H2,1H3;3-4H,2H2,1H3,(H,6,7). The summed E-state index contributed by atoms with van der Waals surface area (Å²) in [5.74, 6) is 0. The summed E-state index contributed by atoms with van der Waals surface area (Å²) in [5, 5.41) is 0. The molecule has 3 N–H and O–H groups in total. The third kappa shape index (κ3) is 7.80. The number of aromatic amines is 1. The Bertz CT molecular complexity index is 178. The highest BCUT2D eigenvalue weighted by atomic mass is 14.8. The van der Waals surface area contributed by atoms with Crippen LogP contribution in [0.2, 0.25) is 0 Å². The maximum Gasteiger partial charge on any atom is 0.0921 e. The Kier molecular flexibility index (Phi) is 9.64. The Hall–Kier alpha value is -0.830. The third-order valence-corrected chi connectivity index (χ3v) is 1.99. The topological polar surface area (TPSA) is 54.7 Å². The second kappa shape index (κ2) is 10.3. The molecule has 1 heterocycles. The second-order valence-corrected chi connectivity index (χ2v) is 3.28. The van der Waals surface area contributed by atoms with Gasteiger partial charge in [-0.2, -0.15) is 0 Å². The summed E-state index contributed by atoms with van der Waals surface area (Å²) in [4.78, 5) is 6.81. The lowest BCUT2D eigenvalue weighted by Crippen LogP contribution is -1.97. The summed E-state index contributed by atoms with van der Waals surface area (Å²) in [5.41, 5.74) is 6.46. The Morgan fingerprint density at radius 2 is 2.07 bits per heavy atom. The summed E-state index contributed by atoms with van der Waals surface area (Å²) in [6, 6.07) is 0. The number of aromatic nitrogens is 2. The van der Waals surface area contributed by atoms with Crippen LogP contribution in [0.3, 0.4) is 0 Å². The maximum atomic E-state index is 5.27. The average Bonchev–Trinajstić information content (AvgIpc) is 2.72. The van der Waals surface area contributed by atoms with Crippen LogP contribution in [-0.4, -0.2) is 16.5 Å². The molecular weight excluding hydrogens is 174 g/mol. The number of H-pyrrole nitrogens is 1. The number of rotatable bonds is 5. The highest BCUT2D eigenvalue weighted by molar-refractivity contribution is 4.92. The Balaban J connectivity index is 0.000000241. The molecule has 0 unspecified atom stereocenters. The summed E-state index contributed by atoms with van der Waals surface area (Å²) >= 11 is 0. The van der Waals surface area contributed by atoms with E-state index < -0.39 is 0 Å². The van der Waals surface area contributed by atoms with Gasteiger partial charge in [-0.15, -0.1) is 0 Å². The van der Waals surface area contributed by atoms with Crippen LogP contribution in [0.1, 0.15) is 45.2 Å². The molecule has 0 amide bonds. The van der Waals surface area contributed by atoms with Crippen molar-refractivity contribution in [2.75, 3.05) is 6.54 Å². The van der Waals surface area contributed by atoms with E-state index >= 15 is 0 Å². The highest BCUT2D eigenvalue weighted by Gasteiger charge is 1.82. The lowest BCUT2D eigenvalue weighted by Gasteiger charge is -1.90. The lowest BCUT2D eigenvalue weighted by atomic mass is 10.2. The molecule has 0 aliphatic heterocycles. The van der Waals surface area contributed by atoms with Gasteiger partial charge in [-0.1, -0.05) is 33.1 Å². The van der Waals surface area contributed by atoms with Gasteiger partial charge in [-0.05, 0) is 19.4 Å². The molecule has 0 atom stereocenters. The number of nitrogens with one attached hydrogen (secondary N) is 1. The molecule has 0 saturated heterocycles. The zero-order valence-corrected chi connectivity index (χ0v) is 9.42. The average molecular weight is 197 g/mol. The molecule has 3 nitrogen and oxygen atoms in total. The first kappa shape index (κ1) is 13.2. The molecular formula is C11H23N3. The van der Waals surface area contributed by atoms with Crippen LogP contribution in [-0.2, 0) is 6.42 Å². The van der Waals surface area contributed by atoms with Crippen molar-refractivity contribution in [1.29, 1.82) is 0 Å². The zero-order chi connectivity index (χ0) is 10.6. The maximum absolute atomic E-state index is 5.27. The number of hydrogen-bond donors (Lipinski definition) is 2. The second-order valence-electron chi connectivity index (χ2n) is 3.28. The minimum atomic E-state index is 0.861. The van der Waals surface area contributed by atoms with Crippen molar-refractivity contribution in [2.45, 2.75) is 46.0 Å². The van der Waals surface area contributed by atoms with Gasteiger partial charge in [-0.3, -0.25) is 0 Å². The predicted octanol–water partition coefficient (Wildman–Crippen LogP) is 2.50. The number of aryl methyl sites for hydroxylation is 1. The molecule has 14 heavy (non-hydrogen) atoms. The van der Waals surface area contributed by atoms with E-state index in [1.54, 1.807) is 6.33 Å². The molecule has 1 aromatic rings. The first-order valence-electron chi connectivity index (χ1n) is 5.52. The SMILES string of the molecule is CCCCCCN.CCc1cnc[nH]1. The van der Waals surface area contributed by atoms with E-state index in [1.165, 1.54) is 31.4 Å². The minimum Gasteiger partial charge on any atom is -0.349 e. The van der Waals surface area contributed by atoms with Crippen molar-refractivity contribution >= 4 is 0 Å². The zero-order valence-electron chi connectivity index (χ0n) is 9.42. The van der Waals surface area contributed by atoms with Gasteiger partial charge in [0.25, 0.3) is 0 Å². The van der Waals surface area contributed by atoms with Gasteiger partial charge in [-0.25, -0.2) is 4.98 Å². The van der Waals surface area contributed by atoms with Gasteiger partial charge in [0.2, 0.25) is 0 Å². The van der Waals surface area contributed by atoms with Crippen molar-refractivity contribution in [1.82, 2.24) is 9.97 Å². The first-order chi connectivity index (χ1) is 6.85. The third-order valence-electron chi connectivity index (χ3n) is 1.99. The van der Waals surface area contributed by atoms with Gasteiger partial charge in [0, 0.05) is 11.9 Å². The summed E-state index contributed by atoms with van der Waals surface area (Å²) in [6.45, 7) is 5.16. The van der Waals surface area contributed by atoms with Gasteiger partial charge in [0.15, 0.2) is 0 Å². The van der Waals surface area contributed by atoms with Gasteiger partial charge in [0.05, 0.1) is 6.33 Å². The van der Waals surface area contributed by atoms with Crippen molar-refractivity contribution in [3.05, 3.63) is 18.2 Å². The van der Waals surface area contributed by atoms with Crippen molar-refractivity contribution in [2.24, 2.45) is 5.73 Å². The molecule has 1 aromatic heterocycles. The number of unbranched alkanes of at least 4 members (excludes halogenated alkanes) is 3. The molecule has 0 aromatic carbocycles. The number of nitrogens with zero attached hydrogens (tertiary/aromatic N) is 1. The molecule has 0 aliphatic rings. The molecule has 1 rings (SSSR count). The minimum absolute atomic E-state index is 0.861. The smallest absolute Gasteiger partial charge is 0.0921 e. The number of nitrogens with two attached hydrogens (primary N) is 1. The van der Waals surface area contributed by atoms with Crippen LogP contribution >= 0.6 is 0 Å². The quantitative estimate of drug-likeness (QED) is 0.713. The Labute approximate surface area is 87.1 Å². The molecule has 3 heteroatoms. The predicted molar refractivity (Wildman–Crippen MR) is 61.2 cm³/mol. The summed E-state index contributed by atoms with van der Waals surface area (Å²) < 4.78 is 0. The Morgan fingerprint density at radius 3 is 2.43 bits per heavy atom. The summed E-state index contributed by atoms with van der Waals surface area (Å²) in [7, 11) is 0. The monoisotopic (exact) mass is 197 g/mol. The van der Waals surface area contributed by atoms with Crippen molar-refractivity contribution < 1.29 is 0 Å². The van der Waals surface area contributed by atoms with Crippen LogP contribution in [0.4, 0.5) is 0 Å². The Morgan fingerprint density at radius 1 is 1.29 bits per heavy atom. The molecule has 0 bridgehead atoms. The highest BCUT2D eigenvalue weighted by Crippen LogP contribution is 1.95. The van der Waals surface area contributed by atoms with Crippen LogP contribution in [0.15, 0.2) is 12.5 Å². The van der Waals surface area contributed by atoms with Crippen LogP contribution in [0.5, 0.6) is 0 Å². The van der Waals surface area contributed by atoms with E-state index in [2.05, 4.69) is 23.8 Å². The number of hydrogen-bond acceptors (Lipinski definition) is 2. The van der Waals surface area contributed by atoms with Gasteiger partial charge >= 0.3 is 0 Å². The van der Waals surface area contributed by atoms with Gasteiger partial charge in [0.1, 0.15) is 0 Å². The van der Waals surface area contributed by atoms with E-state index in [0.29, 0.717) is 0 Å². The van der Waals surface area contributed by atoms with E-state index in [0.717, 1.165) is 13.0 Å². The van der Waals surface area contributed by atoms with Gasteiger partial charge < -0.3 is 10.7 Å². The van der Waals surface area contributed by atoms with Crippen molar-refractivity contribution in [3.8, 4) is 0 Å². The molecule has 0 saturated carbocycles. The van der Waals surface area contributed by atoms with Crippen molar-refractivity contribution in [3.63, 3.8) is 0 Å². The molecule has 0 radical (unpaired) electrons. The van der Waals surface area contributed by atoms with Crippen LogP contribution in [0.25, 0.3) is 0 Å². The number of imidazole rings is 1. The molecule has 0 aliphatic carbocycles. The first-order valence-corrected chi connectivity index (χ1v) is 5.52. The largest absolute Gasteiger partial charge is 0.349 e. The van der Waals surface area contributed by atoms with E-state index in [1.807, 2.05) is 6.20 Å². The fourth-order valence-corrected chi connectivity index (χ4v) is 1.05. The molecule has 0 spiro atoms. The van der Waals surface area contributed by atoms with E-state index in [-0.39, 0.29) is 0 Å². The van der Waals surface area contributed by atoms with Crippen LogP contribution < -0.4 is 5.73 Å². The molecule has 82 valence electrons. The van der Waals surface area contributed by atoms with E-state index in [4.69, 9.17) is 5.73 Å². The fraction of sp³-hybridized carbons (Fsp3) is 0.727. The lowest BCUT2D eigenvalue weighted by molar-refractivity contribution is 0.674. The van der Waals surface area contributed by atoms with Crippen LogP contribution in [0, 0.1) is 0 Å². The fourth-order valence-electron chi connectivity index (χ4n) is 1.05. The normalized spacial score (nSPS) is 9.36. The summed E-state index contributed by atoms with van der Waals surface area (Å²) in [6.07, 6.45) is 9.73. The molecule has 0 fully saturated rings.